The number of sulfone groups is 1. The predicted molar refractivity (Wildman–Crippen MR) is 130 cm³/mol. The number of methoxy groups -OCH3 is 1. The number of nitrogens with one attached hydrogen (secondary N) is 1. The monoisotopic (exact) mass is 492 g/mol. The maximum atomic E-state index is 13.7. The minimum atomic E-state index is -4.04. The van der Waals surface area contributed by atoms with Crippen molar-refractivity contribution in [2.24, 2.45) is 0 Å². The van der Waals surface area contributed by atoms with E-state index in [0.29, 0.717) is 36.8 Å². The molecule has 0 spiro atoms. The Hall–Kier alpha value is -3.98. The van der Waals surface area contributed by atoms with Gasteiger partial charge in [0.2, 0.25) is 26.6 Å². The maximum absolute atomic E-state index is 13.7. The summed E-state index contributed by atoms with van der Waals surface area (Å²) in [6.07, 6.45) is 0. The van der Waals surface area contributed by atoms with Crippen LogP contribution < -0.4 is 19.5 Å². The Morgan fingerprint density at radius 2 is 1.66 bits per heavy atom. The number of oxazole rings is 1. The van der Waals surface area contributed by atoms with Crippen molar-refractivity contribution in [1.82, 2.24) is 4.98 Å². The molecule has 3 aromatic carbocycles. The van der Waals surface area contributed by atoms with Crippen LogP contribution in [-0.4, -0.2) is 33.7 Å². The first-order valence-electron chi connectivity index (χ1n) is 11.0. The lowest BCUT2D eigenvalue weighted by Crippen LogP contribution is -2.16. The molecule has 35 heavy (non-hydrogen) atoms. The third-order valence-electron chi connectivity index (χ3n) is 5.59. The average Bonchev–Trinajstić information content (AvgIpc) is 3.33. The SMILES string of the molecule is COc1ccc(CNc2oc(-c3ccc(C)cc3)nc2S(=O)(=O)c2ccc3c(c2)OCCO3)cc1. The summed E-state index contributed by atoms with van der Waals surface area (Å²) < 4.78 is 49.6. The summed E-state index contributed by atoms with van der Waals surface area (Å²) >= 11 is 0. The Morgan fingerprint density at radius 1 is 0.943 bits per heavy atom. The van der Waals surface area contributed by atoms with E-state index in [9.17, 15) is 8.42 Å². The Morgan fingerprint density at radius 3 is 2.37 bits per heavy atom. The first-order valence-corrected chi connectivity index (χ1v) is 12.5. The fourth-order valence-electron chi connectivity index (χ4n) is 3.65. The number of hydrogen-bond acceptors (Lipinski definition) is 8. The zero-order valence-corrected chi connectivity index (χ0v) is 20.1. The van der Waals surface area contributed by atoms with Crippen molar-refractivity contribution in [2.75, 3.05) is 25.6 Å². The molecular weight excluding hydrogens is 468 g/mol. The summed E-state index contributed by atoms with van der Waals surface area (Å²) in [6.45, 7) is 3.07. The zero-order valence-electron chi connectivity index (χ0n) is 19.3. The summed E-state index contributed by atoms with van der Waals surface area (Å²) in [5.74, 6) is 1.89. The number of nitrogens with zero attached hydrogens (tertiary/aromatic N) is 1. The van der Waals surface area contributed by atoms with Gasteiger partial charge in [0.15, 0.2) is 11.5 Å². The summed E-state index contributed by atoms with van der Waals surface area (Å²) in [6, 6.07) is 19.5. The molecule has 1 aliphatic heterocycles. The van der Waals surface area contributed by atoms with E-state index in [1.54, 1.807) is 13.2 Å². The Bertz CT molecular complexity index is 1440. The lowest BCUT2D eigenvalue weighted by atomic mass is 10.1. The van der Waals surface area contributed by atoms with Gasteiger partial charge in [-0.3, -0.25) is 0 Å². The molecule has 1 N–H and O–H groups in total. The Balaban J connectivity index is 1.52. The molecule has 0 atom stereocenters. The number of fused-ring (bicyclic) bond motifs is 1. The van der Waals surface area contributed by atoms with Gasteiger partial charge in [-0.2, -0.15) is 4.98 Å². The number of hydrogen-bond donors (Lipinski definition) is 1. The number of aryl methyl sites for hydroxylation is 1. The standard InChI is InChI=1S/C26H24N2O6S/c1-17-3-7-19(8-4-17)24-28-26(25(34-24)27-16-18-5-9-20(31-2)10-6-18)35(29,30)21-11-12-22-23(15-21)33-14-13-32-22/h3-12,15,27H,13-14,16H2,1-2H3. The molecule has 9 heteroatoms. The van der Waals surface area contributed by atoms with Crippen molar-refractivity contribution in [3.63, 3.8) is 0 Å². The number of ether oxygens (including phenoxy) is 3. The highest BCUT2D eigenvalue weighted by Gasteiger charge is 2.30. The minimum absolute atomic E-state index is 0.0398. The van der Waals surface area contributed by atoms with Crippen LogP contribution in [0.1, 0.15) is 11.1 Å². The predicted octanol–water partition coefficient (Wildman–Crippen LogP) is 4.87. The average molecular weight is 493 g/mol. The van der Waals surface area contributed by atoms with Crippen LogP contribution in [0.2, 0.25) is 0 Å². The largest absolute Gasteiger partial charge is 0.497 e. The molecule has 4 aromatic rings. The van der Waals surface area contributed by atoms with Crippen molar-refractivity contribution in [3.05, 3.63) is 77.9 Å². The van der Waals surface area contributed by atoms with E-state index in [1.165, 1.54) is 12.1 Å². The number of aromatic nitrogens is 1. The van der Waals surface area contributed by atoms with Crippen LogP contribution in [0.25, 0.3) is 11.5 Å². The van der Waals surface area contributed by atoms with E-state index in [4.69, 9.17) is 18.6 Å². The van der Waals surface area contributed by atoms with Gasteiger partial charge < -0.3 is 23.9 Å². The second-order valence-corrected chi connectivity index (χ2v) is 9.89. The van der Waals surface area contributed by atoms with E-state index in [2.05, 4.69) is 10.3 Å². The van der Waals surface area contributed by atoms with E-state index in [-0.39, 0.29) is 21.7 Å². The molecule has 0 unspecified atom stereocenters. The van der Waals surface area contributed by atoms with Gasteiger partial charge in [0.05, 0.1) is 12.0 Å². The quantitative estimate of drug-likeness (QED) is 0.390. The van der Waals surface area contributed by atoms with Gasteiger partial charge in [-0.25, -0.2) is 8.42 Å². The molecule has 0 aliphatic carbocycles. The van der Waals surface area contributed by atoms with E-state index in [1.807, 2.05) is 55.5 Å². The molecule has 0 saturated carbocycles. The van der Waals surface area contributed by atoms with Gasteiger partial charge in [-0.1, -0.05) is 29.8 Å². The zero-order chi connectivity index (χ0) is 24.4. The van der Waals surface area contributed by atoms with Crippen LogP contribution in [-0.2, 0) is 16.4 Å². The van der Waals surface area contributed by atoms with Crippen molar-refractivity contribution >= 4 is 15.7 Å². The fourth-order valence-corrected chi connectivity index (χ4v) is 4.94. The van der Waals surface area contributed by atoms with Gasteiger partial charge in [0, 0.05) is 18.2 Å². The second-order valence-electron chi connectivity index (χ2n) is 8.03. The van der Waals surface area contributed by atoms with Crippen LogP contribution in [0.3, 0.4) is 0 Å². The summed E-state index contributed by atoms with van der Waals surface area (Å²) in [5.41, 5.74) is 2.66. The smallest absolute Gasteiger partial charge is 0.234 e. The molecule has 0 radical (unpaired) electrons. The normalized spacial score (nSPS) is 12.9. The van der Waals surface area contributed by atoms with Crippen LogP contribution in [0.4, 0.5) is 5.88 Å². The van der Waals surface area contributed by atoms with Crippen LogP contribution >= 0.6 is 0 Å². The first kappa shape index (κ1) is 22.8. The van der Waals surface area contributed by atoms with Crippen LogP contribution in [0, 0.1) is 6.92 Å². The summed E-state index contributed by atoms with van der Waals surface area (Å²) in [4.78, 5) is 4.44. The molecule has 0 saturated heterocycles. The van der Waals surface area contributed by atoms with Crippen molar-refractivity contribution < 1.29 is 27.0 Å². The molecule has 8 nitrogen and oxygen atoms in total. The number of anilines is 1. The van der Waals surface area contributed by atoms with E-state index < -0.39 is 9.84 Å². The van der Waals surface area contributed by atoms with E-state index >= 15 is 0 Å². The van der Waals surface area contributed by atoms with Crippen molar-refractivity contribution in [2.45, 2.75) is 23.4 Å². The third kappa shape index (κ3) is 4.67. The lowest BCUT2D eigenvalue weighted by Gasteiger charge is -2.18. The van der Waals surface area contributed by atoms with Crippen molar-refractivity contribution in [1.29, 1.82) is 0 Å². The topological polar surface area (TPSA) is 99.9 Å². The molecule has 180 valence electrons. The second kappa shape index (κ2) is 9.34. The van der Waals surface area contributed by atoms with Crippen LogP contribution in [0.15, 0.2) is 81.1 Å². The van der Waals surface area contributed by atoms with Gasteiger partial charge in [-0.15, -0.1) is 0 Å². The Kier molecular flexibility index (Phi) is 6.08. The first-order chi connectivity index (χ1) is 16.9. The van der Waals surface area contributed by atoms with Gasteiger partial charge in [0.25, 0.3) is 0 Å². The maximum Gasteiger partial charge on any atom is 0.234 e. The third-order valence-corrected chi connectivity index (χ3v) is 7.25. The summed E-state index contributed by atoms with van der Waals surface area (Å²) in [5, 5.41) is 2.91. The molecular formula is C26H24N2O6S. The van der Waals surface area contributed by atoms with E-state index in [0.717, 1.165) is 16.9 Å². The highest BCUT2D eigenvalue weighted by molar-refractivity contribution is 7.91. The number of benzene rings is 3. The molecule has 0 amide bonds. The molecule has 1 aromatic heterocycles. The molecule has 2 heterocycles. The highest BCUT2D eigenvalue weighted by Crippen LogP contribution is 2.37. The van der Waals surface area contributed by atoms with Crippen LogP contribution in [0.5, 0.6) is 17.2 Å². The highest BCUT2D eigenvalue weighted by atomic mass is 32.2. The van der Waals surface area contributed by atoms with Gasteiger partial charge in [-0.05, 0) is 48.9 Å². The lowest BCUT2D eigenvalue weighted by molar-refractivity contribution is 0.171. The number of rotatable bonds is 7. The summed E-state index contributed by atoms with van der Waals surface area (Å²) in [7, 11) is -2.44. The molecule has 1 aliphatic rings. The Labute approximate surface area is 203 Å². The molecule has 5 rings (SSSR count). The molecule has 0 fully saturated rings. The van der Waals surface area contributed by atoms with Gasteiger partial charge in [0.1, 0.15) is 19.0 Å². The molecule has 0 bridgehead atoms. The van der Waals surface area contributed by atoms with Gasteiger partial charge >= 0.3 is 0 Å². The van der Waals surface area contributed by atoms with Crippen molar-refractivity contribution in [3.8, 4) is 28.7 Å². The fraction of sp³-hybridized carbons (Fsp3) is 0.192. The minimum Gasteiger partial charge on any atom is -0.497 e.